The Morgan fingerprint density at radius 2 is 1.85 bits per heavy atom. The molecule has 2 atom stereocenters. The third kappa shape index (κ3) is 4.10. The van der Waals surface area contributed by atoms with Crippen LogP contribution in [0, 0.1) is 5.92 Å². The van der Waals surface area contributed by atoms with Gasteiger partial charge >= 0.3 is 12.0 Å². The Hall–Kier alpha value is -2.09. The lowest BCUT2D eigenvalue weighted by molar-refractivity contribution is -0.173. The summed E-state index contributed by atoms with van der Waals surface area (Å²) < 4.78 is 6.08. The Bertz CT molecular complexity index is 598. The smallest absolute Gasteiger partial charge is 0.326 e. The van der Waals surface area contributed by atoms with Gasteiger partial charge in [0.1, 0.15) is 6.04 Å². The SMILES string of the molecule is C=CC(=O)N1CCOC2(CCN(C(=O)N(C)[C@H](C(=O)O)C(C)C)CC2)[C@@H]1C. The van der Waals surface area contributed by atoms with E-state index in [1.807, 2.05) is 6.92 Å². The van der Waals surface area contributed by atoms with Crippen molar-refractivity contribution in [1.82, 2.24) is 14.7 Å². The van der Waals surface area contributed by atoms with E-state index in [1.165, 1.54) is 18.0 Å². The molecule has 0 unspecified atom stereocenters. The zero-order valence-electron chi connectivity index (χ0n) is 16.7. The average Bonchev–Trinajstić information content (AvgIpc) is 2.63. The summed E-state index contributed by atoms with van der Waals surface area (Å²) in [6.07, 6.45) is 2.53. The van der Waals surface area contributed by atoms with Crippen molar-refractivity contribution in [3.63, 3.8) is 0 Å². The summed E-state index contributed by atoms with van der Waals surface area (Å²) in [6.45, 7) is 11.0. The van der Waals surface area contributed by atoms with E-state index in [9.17, 15) is 19.5 Å². The van der Waals surface area contributed by atoms with E-state index < -0.39 is 17.6 Å². The molecule has 0 aliphatic carbocycles. The van der Waals surface area contributed by atoms with E-state index in [2.05, 4.69) is 6.58 Å². The first kappa shape index (κ1) is 21.2. The fourth-order valence-corrected chi connectivity index (χ4v) is 4.24. The number of carboxylic acid groups (broad SMARTS) is 1. The van der Waals surface area contributed by atoms with Crippen molar-refractivity contribution in [3.05, 3.63) is 12.7 Å². The molecule has 2 heterocycles. The maximum atomic E-state index is 12.8. The first-order valence-corrected chi connectivity index (χ1v) is 9.46. The number of rotatable bonds is 4. The lowest BCUT2D eigenvalue weighted by atomic mass is 9.82. The van der Waals surface area contributed by atoms with Crippen LogP contribution in [0.2, 0.25) is 0 Å². The van der Waals surface area contributed by atoms with Crippen LogP contribution in [-0.4, -0.2) is 88.7 Å². The van der Waals surface area contributed by atoms with Gasteiger partial charge < -0.3 is 24.5 Å². The second-order valence-corrected chi connectivity index (χ2v) is 7.73. The van der Waals surface area contributed by atoms with Crippen molar-refractivity contribution in [2.45, 2.75) is 51.3 Å². The quantitative estimate of drug-likeness (QED) is 0.744. The summed E-state index contributed by atoms with van der Waals surface area (Å²) in [5.74, 6) is -1.30. The summed E-state index contributed by atoms with van der Waals surface area (Å²) in [5, 5.41) is 9.42. The van der Waals surface area contributed by atoms with Crippen molar-refractivity contribution in [3.8, 4) is 0 Å². The number of hydrogen-bond donors (Lipinski definition) is 1. The Labute approximate surface area is 160 Å². The van der Waals surface area contributed by atoms with E-state index in [4.69, 9.17) is 4.74 Å². The molecule has 1 N–H and O–H groups in total. The molecule has 0 aromatic rings. The topological polar surface area (TPSA) is 90.4 Å². The van der Waals surface area contributed by atoms with Gasteiger partial charge in [-0.2, -0.15) is 0 Å². The van der Waals surface area contributed by atoms with Crippen LogP contribution in [0.4, 0.5) is 4.79 Å². The molecule has 27 heavy (non-hydrogen) atoms. The molecule has 0 saturated carbocycles. The van der Waals surface area contributed by atoms with Crippen molar-refractivity contribution >= 4 is 17.9 Å². The molecular formula is C19H31N3O5. The molecule has 0 aromatic carbocycles. The number of morpholine rings is 1. The zero-order chi connectivity index (χ0) is 20.4. The van der Waals surface area contributed by atoms with Crippen LogP contribution in [-0.2, 0) is 14.3 Å². The predicted octanol–water partition coefficient (Wildman–Crippen LogP) is 1.42. The summed E-state index contributed by atoms with van der Waals surface area (Å²) >= 11 is 0. The third-order valence-corrected chi connectivity index (χ3v) is 5.89. The standard InChI is InChI=1S/C19H31N3O5/c1-6-15(23)22-11-12-27-19(14(22)4)7-9-21(10-8-19)18(26)20(5)16(13(2)3)17(24)25/h6,13-14,16H,1,7-12H2,2-5H3,(H,24,25)/t14-,16-/m0/s1. The minimum atomic E-state index is -1.00. The van der Waals surface area contributed by atoms with Crippen molar-refractivity contribution < 1.29 is 24.2 Å². The molecule has 8 nitrogen and oxygen atoms in total. The number of amides is 3. The Kier molecular flexibility index (Phi) is 6.51. The van der Waals surface area contributed by atoms with Gasteiger partial charge in [-0.1, -0.05) is 20.4 Å². The van der Waals surface area contributed by atoms with Gasteiger partial charge in [0, 0.05) is 26.7 Å². The van der Waals surface area contributed by atoms with Crippen LogP contribution >= 0.6 is 0 Å². The monoisotopic (exact) mass is 381 g/mol. The molecule has 152 valence electrons. The normalized spacial score (nSPS) is 23.2. The molecule has 1 spiro atoms. The van der Waals surface area contributed by atoms with E-state index in [-0.39, 0.29) is 23.9 Å². The molecule has 2 aliphatic heterocycles. The molecule has 0 aromatic heterocycles. The molecule has 2 saturated heterocycles. The number of nitrogens with zero attached hydrogens (tertiary/aromatic N) is 3. The van der Waals surface area contributed by atoms with Crippen LogP contribution < -0.4 is 0 Å². The summed E-state index contributed by atoms with van der Waals surface area (Å²) in [7, 11) is 1.54. The van der Waals surface area contributed by atoms with Crippen molar-refractivity contribution in [1.29, 1.82) is 0 Å². The Balaban J connectivity index is 2.05. The molecule has 8 heteroatoms. The number of aliphatic carboxylic acids is 1. The highest BCUT2D eigenvalue weighted by Crippen LogP contribution is 2.35. The second kappa shape index (κ2) is 8.29. The highest BCUT2D eigenvalue weighted by atomic mass is 16.5. The number of ether oxygens (including phenoxy) is 1. The largest absolute Gasteiger partial charge is 0.480 e. The lowest BCUT2D eigenvalue weighted by Crippen LogP contribution is -2.64. The van der Waals surface area contributed by atoms with Gasteiger partial charge in [0.2, 0.25) is 5.91 Å². The maximum absolute atomic E-state index is 12.8. The lowest BCUT2D eigenvalue weighted by Gasteiger charge is -2.52. The Morgan fingerprint density at radius 3 is 2.33 bits per heavy atom. The molecule has 2 fully saturated rings. The van der Waals surface area contributed by atoms with Gasteiger partial charge in [0.15, 0.2) is 0 Å². The van der Waals surface area contributed by atoms with E-state index in [0.717, 1.165) is 0 Å². The van der Waals surface area contributed by atoms with Gasteiger partial charge in [0.05, 0.1) is 18.2 Å². The van der Waals surface area contributed by atoms with Gasteiger partial charge in [-0.3, -0.25) is 4.79 Å². The number of carbonyl (C=O) groups excluding carboxylic acids is 2. The Morgan fingerprint density at radius 1 is 1.26 bits per heavy atom. The average molecular weight is 381 g/mol. The molecule has 3 amide bonds. The summed E-state index contributed by atoms with van der Waals surface area (Å²) in [5.41, 5.74) is -0.476. The number of carboxylic acids is 1. The van der Waals surface area contributed by atoms with Crippen molar-refractivity contribution in [2.24, 2.45) is 5.92 Å². The number of likely N-dealkylation sites (tertiary alicyclic amines) is 1. The first-order valence-electron chi connectivity index (χ1n) is 9.46. The molecule has 0 bridgehead atoms. The highest BCUT2D eigenvalue weighted by Gasteiger charge is 2.47. The number of carbonyl (C=O) groups is 3. The first-order chi connectivity index (χ1) is 12.6. The van der Waals surface area contributed by atoms with Gasteiger partial charge in [-0.05, 0) is 31.8 Å². The van der Waals surface area contributed by atoms with Gasteiger partial charge in [0.25, 0.3) is 0 Å². The second-order valence-electron chi connectivity index (χ2n) is 7.73. The molecule has 2 aliphatic rings. The molecular weight excluding hydrogens is 350 g/mol. The van der Waals surface area contributed by atoms with E-state index in [0.29, 0.717) is 39.1 Å². The van der Waals surface area contributed by atoms with Crippen LogP contribution in [0.1, 0.15) is 33.6 Å². The van der Waals surface area contributed by atoms with Crippen LogP contribution in [0.15, 0.2) is 12.7 Å². The van der Waals surface area contributed by atoms with E-state index in [1.54, 1.807) is 23.6 Å². The third-order valence-electron chi connectivity index (χ3n) is 5.89. The summed E-state index contributed by atoms with van der Waals surface area (Å²) in [6, 6.07) is -1.25. The van der Waals surface area contributed by atoms with Crippen LogP contribution in [0.5, 0.6) is 0 Å². The number of urea groups is 1. The minimum absolute atomic E-state index is 0.103. The number of piperidine rings is 1. The maximum Gasteiger partial charge on any atom is 0.326 e. The summed E-state index contributed by atoms with van der Waals surface area (Å²) in [4.78, 5) is 41.1. The number of hydrogen-bond acceptors (Lipinski definition) is 4. The zero-order valence-corrected chi connectivity index (χ0v) is 16.7. The molecule has 2 rings (SSSR count). The minimum Gasteiger partial charge on any atom is -0.480 e. The fraction of sp³-hybridized carbons (Fsp3) is 0.737. The van der Waals surface area contributed by atoms with E-state index >= 15 is 0 Å². The van der Waals surface area contributed by atoms with Crippen LogP contribution in [0.25, 0.3) is 0 Å². The highest BCUT2D eigenvalue weighted by molar-refractivity contribution is 5.87. The fourth-order valence-electron chi connectivity index (χ4n) is 4.24. The van der Waals surface area contributed by atoms with Gasteiger partial charge in [-0.15, -0.1) is 0 Å². The van der Waals surface area contributed by atoms with Crippen LogP contribution in [0.3, 0.4) is 0 Å². The number of likely N-dealkylation sites (N-methyl/N-ethyl adjacent to an activating group) is 1. The predicted molar refractivity (Wildman–Crippen MR) is 100 cm³/mol. The van der Waals surface area contributed by atoms with Crippen molar-refractivity contribution in [2.75, 3.05) is 33.3 Å². The van der Waals surface area contributed by atoms with Gasteiger partial charge in [-0.25, -0.2) is 9.59 Å². The molecule has 0 radical (unpaired) electrons.